The second kappa shape index (κ2) is 8.76. The number of likely N-dealkylation sites (N-methyl/N-ethyl adjacent to an activating group) is 1. The smallest absolute Gasteiger partial charge is 0.276 e. The molecule has 9 heteroatoms. The lowest BCUT2D eigenvalue weighted by molar-refractivity contribution is -0.141. The van der Waals surface area contributed by atoms with E-state index in [1.807, 2.05) is 0 Å². The molecule has 1 aromatic carbocycles. The van der Waals surface area contributed by atoms with Crippen molar-refractivity contribution < 1.29 is 14.3 Å². The zero-order valence-corrected chi connectivity index (χ0v) is 17.8. The summed E-state index contributed by atoms with van der Waals surface area (Å²) in [6.07, 6.45) is 4.67. The fourth-order valence-corrected chi connectivity index (χ4v) is 3.62. The fourth-order valence-electron chi connectivity index (χ4n) is 3.62. The van der Waals surface area contributed by atoms with Gasteiger partial charge in [-0.05, 0) is 37.5 Å². The van der Waals surface area contributed by atoms with Crippen LogP contribution in [0.2, 0.25) is 0 Å². The second-order valence-electron chi connectivity index (χ2n) is 8.31. The molecule has 2 fully saturated rings. The van der Waals surface area contributed by atoms with Crippen molar-refractivity contribution in [3.05, 3.63) is 41.7 Å². The van der Waals surface area contributed by atoms with E-state index < -0.39 is 6.10 Å². The number of carbonyl (C=O) groups is 2. The topological polar surface area (TPSA) is 104 Å². The normalized spacial score (nSPS) is 16.9. The van der Waals surface area contributed by atoms with Gasteiger partial charge in [-0.25, -0.2) is 0 Å². The highest BCUT2D eigenvalue weighted by Gasteiger charge is 2.38. The molecule has 2 amide bonds. The van der Waals surface area contributed by atoms with Crippen LogP contribution in [0.3, 0.4) is 0 Å². The van der Waals surface area contributed by atoms with Gasteiger partial charge in [0.2, 0.25) is 0 Å². The van der Waals surface area contributed by atoms with Gasteiger partial charge in [0, 0.05) is 26.7 Å². The Balaban J connectivity index is 1.26. The summed E-state index contributed by atoms with van der Waals surface area (Å²) in [5, 5.41) is 17.1. The van der Waals surface area contributed by atoms with Gasteiger partial charge in [-0.2, -0.15) is 5.26 Å². The first-order chi connectivity index (χ1) is 14.9. The standard InChI is InChI=1S/C22H26N6O3/c1-15(31-19-5-3-4-17(10-19)11-23)21(29)26(2)18-12-27(13-18)22(30)20-14-28(25-24-20)9-8-16-6-7-16/h3-5,10,14-16,18H,6-9,12-13H2,1-2H3. The van der Waals surface area contributed by atoms with Gasteiger partial charge in [0.1, 0.15) is 5.75 Å². The zero-order chi connectivity index (χ0) is 22.0. The summed E-state index contributed by atoms with van der Waals surface area (Å²) in [7, 11) is 1.72. The molecular weight excluding hydrogens is 396 g/mol. The fraction of sp³-hybridized carbons (Fsp3) is 0.500. The highest BCUT2D eigenvalue weighted by Crippen LogP contribution is 2.32. The Morgan fingerprint density at radius 3 is 2.84 bits per heavy atom. The Kier molecular flexibility index (Phi) is 5.89. The molecule has 1 atom stereocenters. The molecule has 0 N–H and O–H groups in total. The quantitative estimate of drug-likeness (QED) is 0.641. The molecule has 1 saturated carbocycles. The monoisotopic (exact) mass is 422 g/mol. The van der Waals surface area contributed by atoms with Gasteiger partial charge < -0.3 is 14.5 Å². The largest absolute Gasteiger partial charge is 0.481 e. The van der Waals surface area contributed by atoms with Crippen molar-refractivity contribution in [1.82, 2.24) is 24.8 Å². The van der Waals surface area contributed by atoms with Gasteiger partial charge >= 0.3 is 0 Å². The highest BCUT2D eigenvalue weighted by atomic mass is 16.5. The van der Waals surface area contributed by atoms with Crippen LogP contribution in [0.15, 0.2) is 30.5 Å². The van der Waals surface area contributed by atoms with Crippen molar-refractivity contribution in [3.8, 4) is 11.8 Å². The first-order valence-corrected chi connectivity index (χ1v) is 10.6. The number of hydrogen-bond acceptors (Lipinski definition) is 6. The number of nitriles is 1. The number of rotatable bonds is 8. The minimum Gasteiger partial charge on any atom is -0.481 e. The summed E-state index contributed by atoms with van der Waals surface area (Å²) in [6.45, 7) is 3.37. The Labute approximate surface area is 181 Å². The number of amides is 2. The maximum absolute atomic E-state index is 12.7. The van der Waals surface area contributed by atoms with Crippen molar-refractivity contribution in [2.45, 2.75) is 44.9 Å². The third kappa shape index (κ3) is 4.85. The van der Waals surface area contributed by atoms with E-state index in [0.717, 1.165) is 18.9 Å². The minimum atomic E-state index is -0.699. The van der Waals surface area contributed by atoms with E-state index >= 15 is 0 Å². The Morgan fingerprint density at radius 2 is 2.13 bits per heavy atom. The average Bonchev–Trinajstić information content (AvgIpc) is 3.45. The molecule has 1 saturated heterocycles. The van der Waals surface area contributed by atoms with Gasteiger partial charge in [0.15, 0.2) is 11.8 Å². The second-order valence-corrected chi connectivity index (χ2v) is 8.31. The number of carbonyl (C=O) groups excluding carboxylic acids is 2. The van der Waals surface area contributed by atoms with Crippen LogP contribution in [0, 0.1) is 17.2 Å². The van der Waals surface area contributed by atoms with E-state index in [2.05, 4.69) is 16.4 Å². The van der Waals surface area contributed by atoms with Crippen LogP contribution >= 0.6 is 0 Å². The summed E-state index contributed by atoms with van der Waals surface area (Å²) >= 11 is 0. The maximum atomic E-state index is 12.7. The van der Waals surface area contributed by atoms with Crippen LogP contribution in [-0.4, -0.2) is 68.9 Å². The molecule has 31 heavy (non-hydrogen) atoms. The summed E-state index contributed by atoms with van der Waals surface area (Å²) in [6, 6.07) is 8.69. The first kappa shape index (κ1) is 20.8. The number of aromatic nitrogens is 3. The lowest BCUT2D eigenvalue weighted by atomic mass is 10.1. The molecule has 1 aromatic heterocycles. The number of aryl methyl sites for hydroxylation is 1. The minimum absolute atomic E-state index is 0.0714. The van der Waals surface area contributed by atoms with Gasteiger partial charge in [0.05, 0.1) is 23.9 Å². The SMILES string of the molecule is CC(Oc1cccc(C#N)c1)C(=O)N(C)C1CN(C(=O)c2cn(CCC3CC3)nn2)C1. The molecule has 2 aromatic rings. The molecule has 2 aliphatic rings. The third-order valence-electron chi connectivity index (χ3n) is 5.89. The van der Waals surface area contributed by atoms with Gasteiger partial charge in [0.25, 0.3) is 11.8 Å². The van der Waals surface area contributed by atoms with Crippen LogP contribution in [0.4, 0.5) is 0 Å². The maximum Gasteiger partial charge on any atom is 0.276 e. The van der Waals surface area contributed by atoms with E-state index in [9.17, 15) is 9.59 Å². The van der Waals surface area contributed by atoms with Crippen LogP contribution < -0.4 is 4.74 Å². The van der Waals surface area contributed by atoms with Crippen LogP contribution in [0.25, 0.3) is 0 Å². The highest BCUT2D eigenvalue weighted by molar-refractivity contribution is 5.92. The molecule has 1 aliphatic heterocycles. The molecule has 0 spiro atoms. The Morgan fingerprint density at radius 1 is 1.35 bits per heavy atom. The van der Waals surface area contributed by atoms with Crippen molar-refractivity contribution in [3.63, 3.8) is 0 Å². The van der Waals surface area contributed by atoms with Crippen molar-refractivity contribution >= 4 is 11.8 Å². The number of ether oxygens (including phenoxy) is 1. The average molecular weight is 422 g/mol. The van der Waals surface area contributed by atoms with Gasteiger partial charge in [-0.15, -0.1) is 5.10 Å². The predicted molar refractivity (Wildman–Crippen MR) is 111 cm³/mol. The van der Waals surface area contributed by atoms with E-state index in [1.54, 1.807) is 58.9 Å². The number of nitrogens with zero attached hydrogens (tertiary/aromatic N) is 6. The van der Waals surface area contributed by atoms with Gasteiger partial charge in [-0.1, -0.05) is 24.1 Å². The lowest BCUT2D eigenvalue weighted by Crippen LogP contribution is -2.62. The molecule has 2 heterocycles. The zero-order valence-electron chi connectivity index (χ0n) is 17.8. The van der Waals surface area contributed by atoms with Crippen molar-refractivity contribution in [2.75, 3.05) is 20.1 Å². The molecule has 4 rings (SSSR count). The number of likely N-dealkylation sites (tertiary alicyclic amines) is 1. The summed E-state index contributed by atoms with van der Waals surface area (Å²) in [5.41, 5.74) is 0.820. The van der Waals surface area contributed by atoms with Crippen LogP contribution in [0.5, 0.6) is 5.75 Å². The third-order valence-corrected chi connectivity index (χ3v) is 5.89. The van der Waals surface area contributed by atoms with Crippen molar-refractivity contribution in [1.29, 1.82) is 5.26 Å². The van der Waals surface area contributed by atoms with Crippen molar-refractivity contribution in [2.24, 2.45) is 5.92 Å². The lowest BCUT2D eigenvalue weighted by Gasteiger charge is -2.44. The first-order valence-electron chi connectivity index (χ1n) is 10.6. The van der Waals surface area contributed by atoms with Crippen LogP contribution in [0.1, 0.15) is 42.2 Å². The Hall–Kier alpha value is -3.41. The van der Waals surface area contributed by atoms with E-state index in [0.29, 0.717) is 30.1 Å². The number of hydrogen-bond donors (Lipinski definition) is 0. The Bertz CT molecular complexity index is 1000. The molecule has 1 aliphatic carbocycles. The molecular formula is C22H26N6O3. The van der Waals surface area contributed by atoms with E-state index in [1.165, 1.54) is 12.8 Å². The molecule has 162 valence electrons. The van der Waals surface area contributed by atoms with Crippen LogP contribution in [-0.2, 0) is 11.3 Å². The molecule has 0 radical (unpaired) electrons. The number of benzene rings is 1. The summed E-state index contributed by atoms with van der Waals surface area (Å²) in [5.74, 6) is 0.940. The van der Waals surface area contributed by atoms with Gasteiger partial charge in [-0.3, -0.25) is 14.3 Å². The summed E-state index contributed by atoms with van der Waals surface area (Å²) < 4.78 is 7.44. The molecule has 9 nitrogen and oxygen atoms in total. The molecule has 1 unspecified atom stereocenters. The summed E-state index contributed by atoms with van der Waals surface area (Å²) in [4.78, 5) is 28.6. The van der Waals surface area contributed by atoms with E-state index in [-0.39, 0.29) is 17.9 Å². The predicted octanol–water partition coefficient (Wildman–Crippen LogP) is 1.70. The molecule has 0 bridgehead atoms. The van der Waals surface area contributed by atoms with E-state index in [4.69, 9.17) is 10.00 Å².